The highest BCUT2D eigenvalue weighted by Gasteiger charge is 2.15. The van der Waals surface area contributed by atoms with Gasteiger partial charge in [-0.05, 0) is 36.8 Å². The van der Waals surface area contributed by atoms with Crippen LogP contribution in [0, 0.1) is 6.92 Å². The lowest BCUT2D eigenvalue weighted by atomic mass is 10.2. The maximum absolute atomic E-state index is 5.97. The zero-order valence-corrected chi connectivity index (χ0v) is 12.7. The highest BCUT2D eigenvalue weighted by molar-refractivity contribution is 7.19. The molecule has 0 unspecified atom stereocenters. The van der Waals surface area contributed by atoms with Crippen LogP contribution in [0.25, 0.3) is 22.2 Å². The first-order valence-corrected chi connectivity index (χ1v) is 7.26. The van der Waals surface area contributed by atoms with Crippen LogP contribution in [0.15, 0.2) is 28.8 Å². The average molecular weight is 326 g/mol. The molecule has 0 amide bonds. The second-order valence-corrected chi connectivity index (χ2v) is 6.20. The Morgan fingerprint density at radius 1 is 1.15 bits per heavy atom. The Kier molecular flexibility index (Phi) is 3.41. The summed E-state index contributed by atoms with van der Waals surface area (Å²) in [4.78, 5) is 5.24. The van der Waals surface area contributed by atoms with Crippen molar-refractivity contribution in [2.75, 3.05) is 5.73 Å². The number of hydrogen-bond acceptors (Lipinski definition) is 5. The summed E-state index contributed by atoms with van der Waals surface area (Å²) in [6.07, 6.45) is 0. The molecule has 0 radical (unpaired) electrons. The number of benzene rings is 1. The summed E-state index contributed by atoms with van der Waals surface area (Å²) < 4.78 is 5.29. The van der Waals surface area contributed by atoms with Gasteiger partial charge in [-0.2, -0.15) is 4.98 Å². The van der Waals surface area contributed by atoms with Gasteiger partial charge in [-0.1, -0.05) is 28.4 Å². The molecule has 2 aromatic heterocycles. The molecule has 0 aliphatic carbocycles. The second kappa shape index (κ2) is 5.09. The molecule has 2 N–H and O–H groups in total. The fourth-order valence-electron chi connectivity index (χ4n) is 1.83. The van der Waals surface area contributed by atoms with E-state index in [0.29, 0.717) is 32.3 Å². The van der Waals surface area contributed by atoms with Gasteiger partial charge >= 0.3 is 0 Å². The Bertz CT molecular complexity index is 762. The van der Waals surface area contributed by atoms with E-state index in [2.05, 4.69) is 10.1 Å². The van der Waals surface area contributed by atoms with E-state index in [1.54, 1.807) is 18.2 Å². The Morgan fingerprint density at radius 2 is 1.85 bits per heavy atom. The quantitative estimate of drug-likeness (QED) is 0.744. The topological polar surface area (TPSA) is 64.9 Å². The molecule has 0 aliphatic heterocycles. The predicted octanol–water partition coefficient (Wildman–Crippen LogP) is 4.66. The number of nitrogens with two attached hydrogens (primary N) is 1. The molecule has 0 spiro atoms. The van der Waals surface area contributed by atoms with Crippen LogP contribution >= 0.6 is 34.5 Å². The lowest BCUT2D eigenvalue weighted by Crippen LogP contribution is -1.81. The van der Waals surface area contributed by atoms with Crippen LogP contribution in [-0.4, -0.2) is 10.1 Å². The molecule has 0 saturated heterocycles. The van der Waals surface area contributed by atoms with E-state index in [1.807, 2.05) is 13.0 Å². The number of rotatable bonds is 2. The molecular formula is C13H9Cl2N3OS. The third kappa shape index (κ3) is 2.52. The summed E-state index contributed by atoms with van der Waals surface area (Å²) in [5, 5.41) is 5.72. The van der Waals surface area contributed by atoms with Crippen molar-refractivity contribution in [3.8, 4) is 22.2 Å². The molecule has 2 heterocycles. The van der Waals surface area contributed by atoms with Gasteiger partial charge in [0.05, 0.1) is 9.88 Å². The summed E-state index contributed by atoms with van der Waals surface area (Å²) in [6.45, 7) is 1.95. The van der Waals surface area contributed by atoms with Crippen molar-refractivity contribution >= 4 is 39.5 Å². The smallest absolute Gasteiger partial charge is 0.268 e. The average Bonchev–Trinajstić information content (AvgIpc) is 2.94. The predicted molar refractivity (Wildman–Crippen MR) is 82.2 cm³/mol. The fraction of sp³-hybridized carbons (Fsp3) is 0.0769. The van der Waals surface area contributed by atoms with Crippen LogP contribution < -0.4 is 5.73 Å². The van der Waals surface area contributed by atoms with Gasteiger partial charge in [-0.15, -0.1) is 11.3 Å². The Hall–Kier alpha value is -1.56. The second-order valence-electron chi connectivity index (χ2n) is 4.24. The molecule has 1 aromatic carbocycles. The number of halogens is 2. The molecule has 0 atom stereocenters. The van der Waals surface area contributed by atoms with Crippen LogP contribution in [0.4, 0.5) is 5.00 Å². The van der Waals surface area contributed by atoms with Crippen LogP contribution in [0.5, 0.6) is 0 Å². The molecule has 0 bridgehead atoms. The number of anilines is 1. The van der Waals surface area contributed by atoms with Crippen molar-refractivity contribution in [2.45, 2.75) is 6.92 Å². The van der Waals surface area contributed by atoms with Crippen molar-refractivity contribution in [1.29, 1.82) is 0 Å². The third-order valence-electron chi connectivity index (χ3n) is 2.68. The SMILES string of the molecule is Cc1cc(N)sc1-c1nc(-c2cc(Cl)cc(Cl)c2)no1. The Labute approximate surface area is 129 Å². The Morgan fingerprint density at radius 3 is 2.45 bits per heavy atom. The summed E-state index contributed by atoms with van der Waals surface area (Å²) in [7, 11) is 0. The van der Waals surface area contributed by atoms with E-state index in [-0.39, 0.29) is 0 Å². The molecule has 20 heavy (non-hydrogen) atoms. The highest BCUT2D eigenvalue weighted by atomic mass is 35.5. The van der Waals surface area contributed by atoms with Crippen LogP contribution in [0.3, 0.4) is 0 Å². The first kappa shape index (κ1) is 13.4. The molecule has 0 fully saturated rings. The number of aromatic nitrogens is 2. The van der Waals surface area contributed by atoms with Crippen LogP contribution in [-0.2, 0) is 0 Å². The van der Waals surface area contributed by atoms with Gasteiger partial charge in [-0.25, -0.2) is 0 Å². The maximum atomic E-state index is 5.97. The Balaban J connectivity index is 2.04. The molecule has 3 rings (SSSR count). The van der Waals surface area contributed by atoms with E-state index in [1.165, 1.54) is 11.3 Å². The normalized spacial score (nSPS) is 10.9. The summed E-state index contributed by atoms with van der Waals surface area (Å²) in [6, 6.07) is 6.99. The molecule has 7 heteroatoms. The zero-order chi connectivity index (χ0) is 14.3. The van der Waals surface area contributed by atoms with E-state index in [4.69, 9.17) is 33.5 Å². The van der Waals surface area contributed by atoms with Gasteiger partial charge in [-0.3, -0.25) is 0 Å². The first-order chi connectivity index (χ1) is 9.52. The van der Waals surface area contributed by atoms with Crippen molar-refractivity contribution in [3.63, 3.8) is 0 Å². The standard InChI is InChI=1S/C13H9Cl2N3OS/c1-6-2-10(16)20-11(6)13-17-12(18-19-13)7-3-8(14)5-9(15)4-7/h2-5H,16H2,1H3. The van der Waals surface area contributed by atoms with Gasteiger partial charge in [0.2, 0.25) is 5.82 Å². The molecule has 4 nitrogen and oxygen atoms in total. The molecule has 3 aromatic rings. The maximum Gasteiger partial charge on any atom is 0.268 e. The lowest BCUT2D eigenvalue weighted by molar-refractivity contribution is 0.433. The van der Waals surface area contributed by atoms with Gasteiger partial charge in [0, 0.05) is 15.6 Å². The molecule has 0 saturated carbocycles. The summed E-state index contributed by atoms with van der Waals surface area (Å²) in [5.41, 5.74) is 7.48. The summed E-state index contributed by atoms with van der Waals surface area (Å²) in [5.74, 6) is 0.881. The van der Waals surface area contributed by atoms with E-state index in [9.17, 15) is 0 Å². The number of aryl methyl sites for hydroxylation is 1. The number of nitrogens with zero attached hydrogens (tertiary/aromatic N) is 2. The van der Waals surface area contributed by atoms with E-state index in [0.717, 1.165) is 10.4 Å². The van der Waals surface area contributed by atoms with Crippen molar-refractivity contribution < 1.29 is 4.52 Å². The molecular weight excluding hydrogens is 317 g/mol. The van der Waals surface area contributed by atoms with Crippen molar-refractivity contribution in [2.24, 2.45) is 0 Å². The molecule has 102 valence electrons. The minimum absolute atomic E-state index is 0.440. The first-order valence-electron chi connectivity index (χ1n) is 5.69. The fourth-order valence-corrected chi connectivity index (χ4v) is 3.22. The van der Waals surface area contributed by atoms with Crippen molar-refractivity contribution in [1.82, 2.24) is 10.1 Å². The lowest BCUT2D eigenvalue weighted by Gasteiger charge is -1.97. The monoisotopic (exact) mass is 325 g/mol. The molecule has 0 aliphatic rings. The minimum atomic E-state index is 0.440. The zero-order valence-electron chi connectivity index (χ0n) is 10.4. The van der Waals surface area contributed by atoms with Crippen molar-refractivity contribution in [3.05, 3.63) is 39.9 Å². The third-order valence-corrected chi connectivity index (χ3v) is 4.17. The van der Waals surface area contributed by atoms with Crippen LogP contribution in [0.2, 0.25) is 10.0 Å². The number of nitrogen functional groups attached to an aromatic ring is 1. The summed E-state index contributed by atoms with van der Waals surface area (Å²) >= 11 is 13.3. The van der Waals surface area contributed by atoms with Gasteiger partial charge in [0.15, 0.2) is 0 Å². The van der Waals surface area contributed by atoms with Gasteiger partial charge in [0.25, 0.3) is 5.89 Å². The van der Waals surface area contributed by atoms with Gasteiger partial charge in [0.1, 0.15) is 0 Å². The minimum Gasteiger partial charge on any atom is -0.391 e. The van der Waals surface area contributed by atoms with Crippen LogP contribution in [0.1, 0.15) is 5.56 Å². The largest absolute Gasteiger partial charge is 0.391 e. The number of thiophene rings is 1. The number of hydrogen-bond donors (Lipinski definition) is 1. The van der Waals surface area contributed by atoms with E-state index >= 15 is 0 Å². The van der Waals surface area contributed by atoms with Gasteiger partial charge < -0.3 is 10.3 Å². The van der Waals surface area contributed by atoms with E-state index < -0.39 is 0 Å². The highest BCUT2D eigenvalue weighted by Crippen LogP contribution is 2.34.